The second-order valence-electron chi connectivity index (χ2n) is 4.18. The van der Waals surface area contributed by atoms with Crippen molar-refractivity contribution in [1.82, 2.24) is 9.88 Å². The van der Waals surface area contributed by atoms with Gasteiger partial charge in [-0.3, -0.25) is 4.79 Å². The third-order valence-electron chi connectivity index (χ3n) is 2.54. The van der Waals surface area contributed by atoms with Crippen molar-refractivity contribution in [2.24, 2.45) is 0 Å². The van der Waals surface area contributed by atoms with E-state index < -0.39 is 4.92 Å². The van der Waals surface area contributed by atoms with Gasteiger partial charge < -0.3 is 20.1 Å². The van der Waals surface area contributed by atoms with E-state index in [9.17, 15) is 14.9 Å². The number of nitro groups is 1. The number of rotatable bonds is 6. The molecule has 0 fully saturated rings. The van der Waals surface area contributed by atoms with Crippen molar-refractivity contribution in [3.8, 4) is 0 Å². The van der Waals surface area contributed by atoms with Crippen molar-refractivity contribution in [2.45, 2.75) is 26.3 Å². The monoisotopic (exact) mass is 255 g/mol. The Bertz CT molecular complexity index is 428. The van der Waals surface area contributed by atoms with Gasteiger partial charge in [-0.05, 0) is 31.3 Å². The van der Waals surface area contributed by atoms with E-state index in [-0.39, 0.29) is 30.1 Å². The van der Waals surface area contributed by atoms with Crippen LogP contribution >= 0.6 is 0 Å². The predicted octanol–water partition coefficient (Wildman–Crippen LogP) is 1.16. The lowest BCUT2D eigenvalue weighted by atomic mass is 10.2. The molecule has 7 heteroatoms. The molecular weight excluding hydrogens is 238 g/mol. The van der Waals surface area contributed by atoms with Gasteiger partial charge in [-0.15, -0.1) is 0 Å². The largest absolute Gasteiger partial charge is 0.396 e. The number of aliphatic hydroxyl groups is 1. The topological polar surface area (TPSA) is 99.5 Å². The van der Waals surface area contributed by atoms with E-state index in [1.165, 1.54) is 12.1 Å². The summed E-state index contributed by atoms with van der Waals surface area (Å²) in [5.74, 6) is -0.504. The van der Waals surface area contributed by atoms with Gasteiger partial charge in [0, 0.05) is 25.3 Å². The number of nitrogens with one attached hydrogen (secondary N) is 1. The number of aliphatic hydroxyl groups excluding tert-OH is 1. The van der Waals surface area contributed by atoms with Crippen molar-refractivity contribution in [3.63, 3.8) is 0 Å². The molecule has 0 aliphatic carbocycles. The van der Waals surface area contributed by atoms with E-state index in [4.69, 9.17) is 5.11 Å². The van der Waals surface area contributed by atoms with Crippen LogP contribution in [0.4, 0.5) is 5.82 Å². The van der Waals surface area contributed by atoms with E-state index in [2.05, 4.69) is 4.98 Å². The quantitative estimate of drug-likeness (QED) is 0.588. The van der Waals surface area contributed by atoms with Crippen LogP contribution in [-0.2, 0) is 0 Å². The second-order valence-corrected chi connectivity index (χ2v) is 4.18. The fourth-order valence-electron chi connectivity index (χ4n) is 1.60. The van der Waals surface area contributed by atoms with Crippen LogP contribution < -0.4 is 0 Å². The van der Waals surface area contributed by atoms with Gasteiger partial charge in [0.05, 0.1) is 0 Å². The zero-order valence-electron chi connectivity index (χ0n) is 10.4. The Morgan fingerprint density at radius 1 is 1.56 bits per heavy atom. The number of hydrogen-bond donors (Lipinski definition) is 2. The minimum Gasteiger partial charge on any atom is -0.396 e. The maximum atomic E-state index is 12.1. The molecule has 0 atom stereocenters. The molecule has 0 spiro atoms. The van der Waals surface area contributed by atoms with E-state index in [0.717, 1.165) is 0 Å². The third kappa shape index (κ3) is 3.30. The Balaban J connectivity index is 2.84. The standard InChI is InChI=1S/C11H17N3O4/c1-8(2)13(6-3-7-15)11(16)9-4-5-10(12-9)14(17)18/h4-5,8,12,15H,3,6-7H2,1-2H3. The Morgan fingerprint density at radius 3 is 2.67 bits per heavy atom. The van der Waals surface area contributed by atoms with Crippen molar-refractivity contribution in [1.29, 1.82) is 0 Å². The molecule has 1 amide bonds. The first-order valence-electron chi connectivity index (χ1n) is 5.72. The molecule has 18 heavy (non-hydrogen) atoms. The van der Waals surface area contributed by atoms with Crippen LogP contribution in [-0.4, -0.2) is 45.0 Å². The molecule has 0 saturated heterocycles. The molecule has 0 radical (unpaired) electrons. The highest BCUT2D eigenvalue weighted by Gasteiger charge is 2.23. The summed E-state index contributed by atoms with van der Waals surface area (Å²) in [5, 5.41) is 19.3. The second kappa shape index (κ2) is 6.15. The molecule has 1 heterocycles. The summed E-state index contributed by atoms with van der Waals surface area (Å²) < 4.78 is 0. The van der Waals surface area contributed by atoms with E-state index in [0.29, 0.717) is 13.0 Å². The van der Waals surface area contributed by atoms with Gasteiger partial charge in [-0.2, -0.15) is 0 Å². The van der Waals surface area contributed by atoms with Crippen LogP contribution in [0.2, 0.25) is 0 Å². The van der Waals surface area contributed by atoms with Crippen LogP contribution in [0.15, 0.2) is 12.1 Å². The molecule has 0 bridgehead atoms. The summed E-state index contributed by atoms with van der Waals surface area (Å²) >= 11 is 0. The average Bonchev–Trinajstić information content (AvgIpc) is 2.78. The highest BCUT2D eigenvalue weighted by atomic mass is 16.6. The van der Waals surface area contributed by atoms with Gasteiger partial charge in [-0.25, -0.2) is 4.98 Å². The lowest BCUT2D eigenvalue weighted by Crippen LogP contribution is -2.38. The smallest absolute Gasteiger partial charge is 0.321 e. The maximum absolute atomic E-state index is 12.1. The highest BCUT2D eigenvalue weighted by Crippen LogP contribution is 2.13. The van der Waals surface area contributed by atoms with E-state index in [1.807, 2.05) is 13.8 Å². The van der Waals surface area contributed by atoms with Crippen LogP contribution in [0, 0.1) is 10.1 Å². The SMILES string of the molecule is CC(C)N(CCCO)C(=O)c1ccc([N+](=O)[O-])[nH]1. The number of nitrogens with zero attached hydrogens (tertiary/aromatic N) is 2. The van der Waals surface area contributed by atoms with Crippen LogP contribution in [0.25, 0.3) is 0 Å². The van der Waals surface area contributed by atoms with E-state index >= 15 is 0 Å². The molecule has 100 valence electrons. The molecule has 0 aliphatic rings. The first-order valence-corrected chi connectivity index (χ1v) is 5.72. The lowest BCUT2D eigenvalue weighted by molar-refractivity contribution is -0.389. The summed E-state index contributed by atoms with van der Waals surface area (Å²) in [6, 6.07) is 2.62. The maximum Gasteiger partial charge on any atom is 0.321 e. The Hall–Kier alpha value is -1.89. The minimum atomic E-state index is -0.579. The van der Waals surface area contributed by atoms with Gasteiger partial charge in [-0.1, -0.05) is 0 Å². The van der Waals surface area contributed by atoms with Crippen molar-refractivity contribution >= 4 is 11.7 Å². The molecule has 0 saturated carbocycles. The average molecular weight is 255 g/mol. The number of carbonyl (C=O) groups excluding carboxylic acids is 1. The summed E-state index contributed by atoms with van der Waals surface area (Å²) in [6.45, 7) is 4.13. The third-order valence-corrected chi connectivity index (χ3v) is 2.54. The summed E-state index contributed by atoms with van der Waals surface area (Å²) in [5.41, 5.74) is 0.188. The number of H-pyrrole nitrogens is 1. The highest BCUT2D eigenvalue weighted by molar-refractivity contribution is 5.93. The normalized spacial score (nSPS) is 10.7. The fourth-order valence-corrected chi connectivity index (χ4v) is 1.60. The number of hydrogen-bond acceptors (Lipinski definition) is 4. The zero-order valence-corrected chi connectivity index (χ0v) is 10.4. The fraction of sp³-hybridized carbons (Fsp3) is 0.545. The van der Waals surface area contributed by atoms with Gasteiger partial charge in [0.2, 0.25) is 0 Å². The summed E-state index contributed by atoms with van der Waals surface area (Å²) in [4.78, 5) is 26.1. The number of amides is 1. The van der Waals surface area contributed by atoms with Gasteiger partial charge in [0.15, 0.2) is 5.69 Å². The molecule has 0 unspecified atom stereocenters. The van der Waals surface area contributed by atoms with Gasteiger partial charge >= 0.3 is 5.82 Å². The molecular formula is C11H17N3O4. The van der Waals surface area contributed by atoms with Gasteiger partial charge in [0.1, 0.15) is 0 Å². The molecule has 0 aromatic carbocycles. The molecule has 0 aliphatic heterocycles. The lowest BCUT2D eigenvalue weighted by Gasteiger charge is -2.25. The predicted molar refractivity (Wildman–Crippen MR) is 65.3 cm³/mol. The Labute approximate surface area is 105 Å². The van der Waals surface area contributed by atoms with Crippen LogP contribution in [0.5, 0.6) is 0 Å². The molecule has 7 nitrogen and oxygen atoms in total. The van der Waals surface area contributed by atoms with Crippen molar-refractivity contribution < 1.29 is 14.8 Å². The first-order chi connectivity index (χ1) is 8.47. The minimum absolute atomic E-state index is 0.00136. The van der Waals surface area contributed by atoms with Crippen molar-refractivity contribution in [3.05, 3.63) is 27.9 Å². The Morgan fingerprint density at radius 2 is 2.22 bits per heavy atom. The number of aromatic nitrogens is 1. The van der Waals surface area contributed by atoms with Crippen LogP contribution in [0.3, 0.4) is 0 Å². The first kappa shape index (κ1) is 14.2. The van der Waals surface area contributed by atoms with E-state index in [1.54, 1.807) is 4.90 Å². The molecule has 1 aromatic heterocycles. The molecule has 1 rings (SSSR count). The number of aromatic amines is 1. The van der Waals surface area contributed by atoms with Crippen LogP contribution in [0.1, 0.15) is 30.8 Å². The Kier molecular flexibility index (Phi) is 4.85. The summed E-state index contributed by atoms with van der Waals surface area (Å²) in [7, 11) is 0. The number of carbonyl (C=O) groups is 1. The molecule has 2 N–H and O–H groups in total. The van der Waals surface area contributed by atoms with Crippen molar-refractivity contribution in [2.75, 3.05) is 13.2 Å². The van der Waals surface area contributed by atoms with Gasteiger partial charge in [0.25, 0.3) is 5.91 Å². The summed E-state index contributed by atoms with van der Waals surface area (Å²) in [6.07, 6.45) is 0.479. The molecule has 1 aromatic rings. The zero-order chi connectivity index (χ0) is 13.7.